The minimum absolute atomic E-state index is 0.0221. The number of para-hydroxylation sites is 1. The molecule has 1 aromatic carbocycles. The van der Waals surface area contributed by atoms with E-state index in [0.29, 0.717) is 17.0 Å². The quantitative estimate of drug-likeness (QED) is 0.706. The van der Waals surface area contributed by atoms with Gasteiger partial charge in [-0.2, -0.15) is 5.26 Å². The third-order valence-corrected chi connectivity index (χ3v) is 3.97. The first kappa shape index (κ1) is 17.8. The van der Waals surface area contributed by atoms with Crippen molar-refractivity contribution in [3.05, 3.63) is 59.6 Å². The van der Waals surface area contributed by atoms with Crippen molar-refractivity contribution in [1.82, 2.24) is 4.57 Å². The van der Waals surface area contributed by atoms with Gasteiger partial charge in [0, 0.05) is 11.8 Å². The summed E-state index contributed by atoms with van der Waals surface area (Å²) in [5.74, 6) is -0.864. The summed E-state index contributed by atoms with van der Waals surface area (Å²) >= 11 is 0. The van der Waals surface area contributed by atoms with Crippen LogP contribution in [0.25, 0.3) is 17.0 Å². The normalized spacial score (nSPS) is 10.3. The molecule has 2 heterocycles. The molecular weight excluding hydrogens is 350 g/mol. The summed E-state index contributed by atoms with van der Waals surface area (Å²) in [6.07, 6.45) is 1.45. The highest BCUT2D eigenvalue weighted by Gasteiger charge is 2.24. The smallest absolute Gasteiger partial charge is 0.373 e. The van der Waals surface area contributed by atoms with Crippen LogP contribution < -0.4 is 5.73 Å². The summed E-state index contributed by atoms with van der Waals surface area (Å²) < 4.78 is 16.5. The van der Waals surface area contributed by atoms with Gasteiger partial charge >= 0.3 is 11.9 Å². The average molecular weight is 365 g/mol. The highest BCUT2D eigenvalue weighted by atomic mass is 16.5. The first-order chi connectivity index (χ1) is 13.0. The second-order valence-corrected chi connectivity index (χ2v) is 5.45. The Kier molecular flexibility index (Phi) is 4.68. The van der Waals surface area contributed by atoms with Gasteiger partial charge in [0.15, 0.2) is 5.69 Å². The number of nitrogens with two attached hydrogens (primary N) is 1. The Labute approximate surface area is 154 Å². The van der Waals surface area contributed by atoms with E-state index in [-0.39, 0.29) is 22.7 Å². The lowest BCUT2D eigenvalue weighted by Gasteiger charge is -2.12. The van der Waals surface area contributed by atoms with E-state index in [1.807, 2.05) is 6.07 Å². The van der Waals surface area contributed by atoms with E-state index in [4.69, 9.17) is 14.9 Å². The monoisotopic (exact) mass is 365 g/mol. The van der Waals surface area contributed by atoms with Crippen LogP contribution in [0, 0.1) is 11.3 Å². The van der Waals surface area contributed by atoms with E-state index < -0.39 is 11.9 Å². The predicted molar refractivity (Wildman–Crippen MR) is 95.3 cm³/mol. The molecule has 2 N–H and O–H groups in total. The molecule has 8 heteroatoms. The Morgan fingerprint density at radius 2 is 1.81 bits per heavy atom. The zero-order valence-corrected chi connectivity index (χ0v) is 14.6. The minimum atomic E-state index is -0.682. The molecule has 3 aromatic rings. The molecule has 0 aliphatic carbocycles. The first-order valence-corrected chi connectivity index (χ1v) is 7.79. The predicted octanol–water partition coefficient (Wildman–Crippen LogP) is 2.76. The Bertz CT molecular complexity index is 1070. The zero-order chi connectivity index (χ0) is 19.6. The lowest BCUT2D eigenvalue weighted by Crippen LogP contribution is -2.11. The van der Waals surface area contributed by atoms with Crippen molar-refractivity contribution in [3.63, 3.8) is 0 Å². The van der Waals surface area contributed by atoms with Crippen molar-refractivity contribution in [3.8, 4) is 23.1 Å². The Morgan fingerprint density at radius 1 is 1.11 bits per heavy atom. The lowest BCUT2D eigenvalue weighted by atomic mass is 10.1. The number of nitrogens with zero attached hydrogens (tertiary/aromatic N) is 2. The number of esters is 2. The number of aromatic nitrogens is 1. The molecule has 2 aromatic heterocycles. The Morgan fingerprint density at radius 3 is 2.48 bits per heavy atom. The number of anilines is 1. The topological polar surface area (TPSA) is 120 Å². The molecule has 0 fully saturated rings. The molecule has 0 aliphatic heterocycles. The van der Waals surface area contributed by atoms with Gasteiger partial charge in [0.05, 0.1) is 31.2 Å². The molecule has 136 valence electrons. The number of carbonyl (C=O) groups is 2. The van der Waals surface area contributed by atoms with Crippen molar-refractivity contribution in [2.45, 2.75) is 0 Å². The molecule has 0 saturated heterocycles. The van der Waals surface area contributed by atoms with Gasteiger partial charge in [-0.15, -0.1) is 0 Å². The minimum Gasteiger partial charge on any atom is -0.464 e. The van der Waals surface area contributed by atoms with Gasteiger partial charge in [-0.05, 0) is 24.3 Å². The summed E-state index contributed by atoms with van der Waals surface area (Å²) in [4.78, 5) is 23.9. The molecule has 0 radical (unpaired) electrons. The van der Waals surface area contributed by atoms with Crippen molar-refractivity contribution in [2.24, 2.45) is 0 Å². The van der Waals surface area contributed by atoms with Crippen molar-refractivity contribution < 1.29 is 23.5 Å². The molecule has 0 amide bonds. The van der Waals surface area contributed by atoms with E-state index >= 15 is 0 Å². The highest BCUT2D eigenvalue weighted by molar-refractivity contribution is 5.96. The van der Waals surface area contributed by atoms with Crippen LogP contribution in [0.5, 0.6) is 0 Å². The van der Waals surface area contributed by atoms with Gasteiger partial charge in [-0.25, -0.2) is 9.59 Å². The number of nitrogen functional groups attached to an aromatic ring is 1. The summed E-state index contributed by atoms with van der Waals surface area (Å²) in [5, 5.41) is 9.27. The molecule has 8 nitrogen and oxygen atoms in total. The zero-order valence-electron chi connectivity index (χ0n) is 14.6. The van der Waals surface area contributed by atoms with Crippen molar-refractivity contribution in [2.75, 3.05) is 20.0 Å². The van der Waals surface area contributed by atoms with Gasteiger partial charge in [-0.3, -0.25) is 0 Å². The standard InChI is InChI=1S/C19H15N3O5/c1-25-18(23)15-8-7-14(27-15)12-5-3-4-6-13(12)22-10-11(9-20)16(21)17(22)19(24)26-2/h3-8,10H,21H2,1-2H3. The van der Waals surface area contributed by atoms with E-state index in [1.54, 1.807) is 30.3 Å². The van der Waals surface area contributed by atoms with Crippen LogP contribution in [0.3, 0.4) is 0 Å². The van der Waals surface area contributed by atoms with Crippen LogP contribution in [0.2, 0.25) is 0 Å². The van der Waals surface area contributed by atoms with Gasteiger partial charge in [0.2, 0.25) is 5.76 Å². The number of hydrogen-bond acceptors (Lipinski definition) is 7. The second-order valence-electron chi connectivity index (χ2n) is 5.45. The van der Waals surface area contributed by atoms with Gasteiger partial charge < -0.3 is 24.2 Å². The average Bonchev–Trinajstić information content (AvgIpc) is 3.31. The Hall–Kier alpha value is -3.99. The van der Waals surface area contributed by atoms with E-state index in [9.17, 15) is 14.9 Å². The molecule has 27 heavy (non-hydrogen) atoms. The van der Waals surface area contributed by atoms with Crippen molar-refractivity contribution in [1.29, 1.82) is 5.26 Å². The molecule has 3 rings (SSSR count). The first-order valence-electron chi connectivity index (χ1n) is 7.79. The SMILES string of the molecule is COC(=O)c1ccc(-c2ccccc2-n2cc(C#N)c(N)c2C(=O)OC)o1. The maximum absolute atomic E-state index is 12.2. The number of benzene rings is 1. The summed E-state index contributed by atoms with van der Waals surface area (Å²) in [6, 6.07) is 12.1. The van der Waals surface area contributed by atoms with Crippen LogP contribution in [0.1, 0.15) is 26.6 Å². The molecular formula is C19H15N3O5. The number of methoxy groups -OCH3 is 2. The van der Waals surface area contributed by atoms with Crippen LogP contribution in [-0.2, 0) is 9.47 Å². The molecule has 0 atom stereocenters. The molecule has 0 bridgehead atoms. The van der Waals surface area contributed by atoms with E-state index in [1.165, 1.54) is 31.0 Å². The molecule has 0 unspecified atom stereocenters. The van der Waals surface area contributed by atoms with Gasteiger partial charge in [-0.1, -0.05) is 12.1 Å². The molecule has 0 aliphatic rings. The summed E-state index contributed by atoms with van der Waals surface area (Å²) in [5.41, 5.74) is 7.25. The highest BCUT2D eigenvalue weighted by Crippen LogP contribution is 2.32. The second kappa shape index (κ2) is 7.09. The number of rotatable bonds is 4. The maximum Gasteiger partial charge on any atom is 0.373 e. The van der Waals surface area contributed by atoms with Gasteiger partial charge in [0.1, 0.15) is 11.8 Å². The van der Waals surface area contributed by atoms with Crippen LogP contribution in [-0.4, -0.2) is 30.7 Å². The number of carbonyl (C=O) groups excluding carboxylic acids is 2. The van der Waals surface area contributed by atoms with Crippen LogP contribution >= 0.6 is 0 Å². The fourth-order valence-corrected chi connectivity index (χ4v) is 2.69. The number of furan rings is 1. The van der Waals surface area contributed by atoms with Crippen molar-refractivity contribution >= 4 is 17.6 Å². The lowest BCUT2D eigenvalue weighted by molar-refractivity contribution is 0.0564. The third-order valence-electron chi connectivity index (χ3n) is 3.97. The van der Waals surface area contributed by atoms with E-state index in [0.717, 1.165) is 0 Å². The Balaban J connectivity index is 2.21. The number of ether oxygens (including phenoxy) is 2. The summed E-state index contributed by atoms with van der Waals surface area (Å²) in [6.45, 7) is 0. The fourth-order valence-electron chi connectivity index (χ4n) is 2.69. The van der Waals surface area contributed by atoms with E-state index in [2.05, 4.69) is 4.74 Å². The largest absolute Gasteiger partial charge is 0.464 e. The van der Waals surface area contributed by atoms with Crippen LogP contribution in [0.4, 0.5) is 5.69 Å². The molecule has 0 saturated carbocycles. The number of hydrogen-bond donors (Lipinski definition) is 1. The fraction of sp³-hybridized carbons (Fsp3) is 0.105. The third kappa shape index (κ3) is 3.02. The number of nitriles is 1. The van der Waals surface area contributed by atoms with Crippen LogP contribution in [0.15, 0.2) is 47.0 Å². The van der Waals surface area contributed by atoms with Gasteiger partial charge in [0.25, 0.3) is 0 Å². The maximum atomic E-state index is 12.2. The summed E-state index contributed by atoms with van der Waals surface area (Å²) in [7, 11) is 2.49. The molecule has 0 spiro atoms.